The van der Waals surface area contributed by atoms with Crippen LogP contribution in [-0.2, 0) is 44.4 Å². The van der Waals surface area contributed by atoms with Crippen molar-refractivity contribution in [1.29, 1.82) is 0 Å². The number of anilines is 1. The monoisotopic (exact) mass is 1010 g/mol. The number of fused-ring (bicyclic) bond motifs is 1. The minimum Gasteiger partial charge on any atom is -0.379 e. The number of likely N-dealkylation sites (tertiary alicyclic amines) is 2. The maximum atomic E-state index is 14.0. The van der Waals surface area contributed by atoms with E-state index in [0.717, 1.165) is 49.8 Å². The van der Waals surface area contributed by atoms with Crippen molar-refractivity contribution in [3.8, 4) is 0 Å². The summed E-state index contributed by atoms with van der Waals surface area (Å²) in [5.74, 6) is -0.769. The molecule has 7 rings (SSSR count). The summed E-state index contributed by atoms with van der Waals surface area (Å²) < 4.78 is 57.5. The summed E-state index contributed by atoms with van der Waals surface area (Å²) in [5.41, 5.74) is 0.332. The lowest BCUT2D eigenvalue weighted by molar-refractivity contribution is -0.137. The number of alkyl halides is 3. The Balaban J connectivity index is 0.761. The minimum absolute atomic E-state index is 0.0238. The fraction of sp³-hybridized carbons (Fsp3) is 0.647. The number of ether oxygens (including phenoxy) is 3. The lowest BCUT2D eigenvalue weighted by Gasteiger charge is -2.45. The molecule has 21 heteroatoms. The summed E-state index contributed by atoms with van der Waals surface area (Å²) in [6.45, 7) is 6.91. The first-order valence-corrected chi connectivity index (χ1v) is 25.4. The lowest BCUT2D eigenvalue weighted by atomic mass is 9.82. The van der Waals surface area contributed by atoms with E-state index in [2.05, 4.69) is 62.0 Å². The predicted molar refractivity (Wildman–Crippen MR) is 261 cm³/mol. The number of hydrogen-bond donors (Lipinski definition) is 4. The van der Waals surface area contributed by atoms with E-state index in [9.17, 15) is 37.1 Å². The third kappa shape index (κ3) is 14.4. The number of amides is 5. The van der Waals surface area contributed by atoms with Gasteiger partial charge in [0.05, 0.1) is 74.8 Å². The number of aromatic nitrogens is 3. The second kappa shape index (κ2) is 25.4. The Bertz CT molecular complexity index is 2300. The molecule has 0 spiro atoms. The molecule has 4 aliphatic rings. The van der Waals surface area contributed by atoms with Gasteiger partial charge in [-0.3, -0.25) is 29.0 Å². The molecule has 0 radical (unpaired) electrons. The first kappa shape index (κ1) is 54.3. The molecule has 1 aromatic carbocycles. The van der Waals surface area contributed by atoms with Gasteiger partial charge in [-0.05, 0) is 108 Å². The van der Waals surface area contributed by atoms with E-state index in [1.807, 2.05) is 11.0 Å². The molecule has 4 heterocycles. The van der Waals surface area contributed by atoms with E-state index in [1.165, 1.54) is 12.4 Å². The van der Waals surface area contributed by atoms with Gasteiger partial charge in [-0.15, -0.1) is 0 Å². The van der Waals surface area contributed by atoms with Crippen LogP contribution in [0, 0.1) is 11.8 Å². The third-order valence-electron chi connectivity index (χ3n) is 14.8. The molecule has 2 aromatic heterocycles. The molecule has 2 saturated carbocycles. The first-order valence-electron chi connectivity index (χ1n) is 25.4. The Morgan fingerprint density at radius 3 is 2.33 bits per heavy atom. The Hall–Kier alpha value is -5.51. The SMILES string of the molecule is CC(C)N(C)[C@@H]1CC[C@H](N2CC[C@H](Nc3ncnc4ccc(C(F)(F)F)cc34)C2=O)[C@H](NC(=O)CC2CCC(NC(=O)CCOCCOCCOCCNC(=O)[C@H]3CC(=O)N(C)[C@@H]3c3cccnc3)CC2)C1. The number of halogens is 3. The highest BCUT2D eigenvalue weighted by Crippen LogP contribution is 2.38. The number of carbonyl (C=O) groups is 5. The number of hydrogen-bond acceptors (Lipinski definition) is 13. The Morgan fingerprint density at radius 1 is 0.889 bits per heavy atom. The van der Waals surface area contributed by atoms with Gasteiger partial charge in [0.1, 0.15) is 18.2 Å². The zero-order valence-electron chi connectivity index (χ0n) is 41.8. The van der Waals surface area contributed by atoms with Gasteiger partial charge in [0.2, 0.25) is 29.5 Å². The van der Waals surface area contributed by atoms with Crippen molar-refractivity contribution >= 4 is 46.3 Å². The van der Waals surface area contributed by atoms with Gasteiger partial charge >= 0.3 is 6.18 Å². The van der Waals surface area contributed by atoms with E-state index >= 15 is 0 Å². The molecule has 5 amide bonds. The van der Waals surface area contributed by atoms with Crippen LogP contribution in [0.15, 0.2) is 49.1 Å². The molecule has 72 heavy (non-hydrogen) atoms. The molecule has 394 valence electrons. The number of rotatable bonds is 23. The Labute approximate surface area is 419 Å². The molecule has 18 nitrogen and oxygen atoms in total. The van der Waals surface area contributed by atoms with Crippen LogP contribution >= 0.6 is 0 Å². The van der Waals surface area contributed by atoms with Crippen LogP contribution in [0.3, 0.4) is 0 Å². The second-order valence-electron chi connectivity index (χ2n) is 19.9. The summed E-state index contributed by atoms with van der Waals surface area (Å²) in [4.78, 5) is 84.0. The fourth-order valence-corrected chi connectivity index (χ4v) is 10.7. The van der Waals surface area contributed by atoms with Crippen LogP contribution in [-0.4, -0.2) is 162 Å². The summed E-state index contributed by atoms with van der Waals surface area (Å²) in [6, 6.07) is 5.90. The van der Waals surface area contributed by atoms with Crippen molar-refractivity contribution in [3.63, 3.8) is 0 Å². The fourth-order valence-electron chi connectivity index (χ4n) is 10.7. The largest absolute Gasteiger partial charge is 0.416 e. The van der Waals surface area contributed by atoms with Crippen LogP contribution in [0.5, 0.6) is 0 Å². The average Bonchev–Trinajstić information content (AvgIpc) is 3.87. The minimum atomic E-state index is -4.55. The van der Waals surface area contributed by atoms with Crippen molar-refractivity contribution in [2.75, 3.05) is 72.1 Å². The van der Waals surface area contributed by atoms with Crippen molar-refractivity contribution in [3.05, 3.63) is 60.2 Å². The van der Waals surface area contributed by atoms with Crippen molar-refractivity contribution < 1.29 is 51.4 Å². The summed E-state index contributed by atoms with van der Waals surface area (Å²) >= 11 is 0. The van der Waals surface area contributed by atoms with Gasteiger partial charge in [-0.25, -0.2) is 9.97 Å². The quantitative estimate of drug-likeness (QED) is 0.0956. The normalized spacial score (nSPS) is 24.8. The number of pyridine rings is 1. The topological polar surface area (TPSA) is 210 Å². The van der Waals surface area contributed by atoms with Crippen LogP contribution in [0.2, 0.25) is 0 Å². The Kier molecular flexibility index (Phi) is 19.2. The summed E-state index contributed by atoms with van der Waals surface area (Å²) in [6.07, 6.45) is 6.56. The van der Waals surface area contributed by atoms with Gasteiger partial charge in [0, 0.05) is 75.3 Å². The van der Waals surface area contributed by atoms with E-state index < -0.39 is 23.7 Å². The third-order valence-corrected chi connectivity index (χ3v) is 14.8. The van der Waals surface area contributed by atoms with Gasteiger partial charge in [-0.2, -0.15) is 13.2 Å². The molecular formula is C51H71F3N10O8. The second-order valence-corrected chi connectivity index (χ2v) is 19.9. The molecule has 0 unspecified atom stereocenters. The average molecular weight is 1010 g/mol. The van der Waals surface area contributed by atoms with Crippen LogP contribution < -0.4 is 21.3 Å². The smallest absolute Gasteiger partial charge is 0.379 e. The molecule has 2 aliphatic heterocycles. The predicted octanol–water partition coefficient (Wildman–Crippen LogP) is 4.64. The van der Waals surface area contributed by atoms with Gasteiger partial charge in [-0.1, -0.05) is 6.07 Å². The molecule has 0 bridgehead atoms. The number of carbonyl (C=O) groups excluding carboxylic acids is 5. The summed E-state index contributed by atoms with van der Waals surface area (Å²) in [7, 11) is 3.79. The number of benzene rings is 1. The first-order chi connectivity index (χ1) is 34.6. The molecule has 4 N–H and O–H groups in total. The lowest BCUT2D eigenvalue weighted by Crippen LogP contribution is -2.58. The highest BCUT2D eigenvalue weighted by molar-refractivity contribution is 5.93. The van der Waals surface area contributed by atoms with Crippen molar-refractivity contribution in [2.24, 2.45) is 11.8 Å². The molecule has 3 aromatic rings. The van der Waals surface area contributed by atoms with Crippen molar-refractivity contribution in [1.82, 2.24) is 45.6 Å². The molecule has 4 fully saturated rings. The van der Waals surface area contributed by atoms with E-state index in [1.54, 1.807) is 30.4 Å². The summed E-state index contributed by atoms with van der Waals surface area (Å²) in [5, 5.41) is 12.6. The van der Waals surface area contributed by atoms with E-state index in [-0.39, 0.29) is 96.3 Å². The van der Waals surface area contributed by atoms with Crippen LogP contribution in [0.4, 0.5) is 19.0 Å². The maximum Gasteiger partial charge on any atom is 0.416 e. The highest BCUT2D eigenvalue weighted by atomic mass is 19.4. The number of nitrogens with one attached hydrogen (secondary N) is 4. The van der Waals surface area contributed by atoms with Crippen LogP contribution in [0.25, 0.3) is 10.9 Å². The van der Waals surface area contributed by atoms with Gasteiger partial charge in [0.15, 0.2) is 0 Å². The molecular weight excluding hydrogens is 938 g/mol. The van der Waals surface area contributed by atoms with Gasteiger partial charge < -0.3 is 50.2 Å². The van der Waals surface area contributed by atoms with E-state index in [4.69, 9.17) is 14.2 Å². The molecule has 2 saturated heterocycles. The maximum absolute atomic E-state index is 14.0. The van der Waals surface area contributed by atoms with Crippen molar-refractivity contribution in [2.45, 2.75) is 133 Å². The highest BCUT2D eigenvalue weighted by Gasteiger charge is 2.45. The number of nitrogens with zero attached hydrogens (tertiary/aromatic N) is 6. The van der Waals surface area contributed by atoms with Crippen LogP contribution in [0.1, 0.15) is 102 Å². The Morgan fingerprint density at radius 2 is 1.62 bits per heavy atom. The zero-order chi connectivity index (χ0) is 51.4. The molecule has 6 atom stereocenters. The van der Waals surface area contributed by atoms with Gasteiger partial charge in [0.25, 0.3) is 0 Å². The standard InChI is InChI=1S/C51H71F3N10O8/c1-32(2)62(3)37-12-14-43(64-19-15-41(50(64)69)61-48-38-27-35(51(52,53)54)9-13-40(38)57-31-58-48)42(28-37)60-45(66)26-33-7-10-36(11-8-33)59-44(65)16-20-70-22-24-72-25-23-71-21-18-56-49(68)39-29-46(67)63(4)47(39)34-6-5-17-55-30-34/h5-6,9,13,17,27,30-33,36-37,39,41-43,47H,7-8,10-12,14-16,18-26,28-29H2,1-4H3,(H,56,68)(H,59,65)(H,60,66)(H,57,58,61)/t33?,36?,37-,39+,41+,42-,43+,47-/m1/s1. The van der Waals surface area contributed by atoms with E-state index in [0.29, 0.717) is 83.4 Å². The molecule has 2 aliphatic carbocycles. The zero-order valence-corrected chi connectivity index (χ0v) is 41.8.